The molecule has 3 aromatic heterocycles. The van der Waals surface area contributed by atoms with Gasteiger partial charge in [-0.2, -0.15) is 18.3 Å². The molecule has 0 saturated heterocycles. The molecule has 1 N–H and O–H groups in total. The van der Waals surface area contributed by atoms with Gasteiger partial charge in [-0.1, -0.05) is 0 Å². The molecule has 10 heteroatoms. The monoisotopic (exact) mass is 442 g/mol. The minimum Gasteiger partial charge on any atom is -0.342 e. The number of aryl methyl sites for hydroxylation is 2. The van der Waals surface area contributed by atoms with E-state index in [0.29, 0.717) is 41.7 Å². The number of nitrogens with one attached hydrogen (secondary N) is 1. The number of amides is 1. The van der Waals surface area contributed by atoms with Crippen molar-refractivity contribution in [3.05, 3.63) is 59.1 Å². The van der Waals surface area contributed by atoms with Crippen LogP contribution in [0.4, 0.5) is 13.2 Å². The van der Waals surface area contributed by atoms with Crippen molar-refractivity contribution < 1.29 is 18.0 Å². The van der Waals surface area contributed by atoms with Crippen molar-refractivity contribution in [3.63, 3.8) is 0 Å². The van der Waals surface area contributed by atoms with Crippen LogP contribution in [0.2, 0.25) is 0 Å². The normalized spacial score (nSPS) is 18.3. The van der Waals surface area contributed by atoms with Crippen LogP contribution in [0, 0.1) is 6.92 Å². The molecule has 1 saturated carbocycles. The summed E-state index contributed by atoms with van der Waals surface area (Å²) in [6.07, 6.45) is 0.186. The molecule has 1 aliphatic carbocycles. The average Bonchev–Trinajstić information content (AvgIpc) is 3.51. The smallest absolute Gasteiger partial charge is 0.342 e. The number of carbonyl (C=O) groups is 1. The number of halogens is 3. The van der Waals surface area contributed by atoms with Crippen molar-refractivity contribution in [1.82, 2.24) is 30.0 Å². The first kappa shape index (κ1) is 20.6. The summed E-state index contributed by atoms with van der Waals surface area (Å²) in [6, 6.07) is 5.59. The first-order valence-corrected chi connectivity index (χ1v) is 10.6. The van der Waals surface area contributed by atoms with Gasteiger partial charge in [0.15, 0.2) is 0 Å². The molecule has 5 rings (SSSR count). The topological polar surface area (TPSA) is 85.6 Å². The molecule has 1 atom stereocenters. The van der Waals surface area contributed by atoms with Gasteiger partial charge in [-0.25, -0.2) is 9.97 Å². The van der Waals surface area contributed by atoms with E-state index in [1.54, 1.807) is 16.8 Å². The lowest BCUT2D eigenvalue weighted by Crippen LogP contribution is -2.33. The molecule has 1 aliphatic heterocycles. The third kappa shape index (κ3) is 4.09. The van der Waals surface area contributed by atoms with E-state index in [4.69, 9.17) is 0 Å². The second kappa shape index (κ2) is 7.68. The molecule has 4 heterocycles. The maximum Gasteiger partial charge on any atom is 0.433 e. The lowest BCUT2D eigenvalue weighted by atomic mass is 10.0. The second-order valence-corrected chi connectivity index (χ2v) is 8.30. The fourth-order valence-corrected chi connectivity index (χ4v) is 3.98. The number of fused-ring (bicyclic) bond motifs is 1. The zero-order valence-corrected chi connectivity index (χ0v) is 17.4. The van der Waals surface area contributed by atoms with Gasteiger partial charge in [0, 0.05) is 29.9 Å². The Morgan fingerprint density at radius 3 is 2.72 bits per heavy atom. The first-order chi connectivity index (χ1) is 15.3. The molecular weight excluding hydrogens is 421 g/mol. The Hall–Kier alpha value is -3.30. The predicted octanol–water partition coefficient (Wildman–Crippen LogP) is 4.20. The summed E-state index contributed by atoms with van der Waals surface area (Å²) in [5.41, 5.74) is 1.64. The summed E-state index contributed by atoms with van der Waals surface area (Å²) in [4.78, 5) is 25.2. The highest BCUT2D eigenvalue weighted by molar-refractivity contribution is 5.92. The van der Waals surface area contributed by atoms with Crippen molar-refractivity contribution >= 4 is 5.91 Å². The summed E-state index contributed by atoms with van der Waals surface area (Å²) >= 11 is 0. The quantitative estimate of drug-likeness (QED) is 0.655. The Kier molecular flexibility index (Phi) is 4.94. The Balaban J connectivity index is 1.40. The summed E-state index contributed by atoms with van der Waals surface area (Å²) in [6.45, 7) is 2.48. The van der Waals surface area contributed by atoms with Crippen molar-refractivity contribution in [3.8, 4) is 11.3 Å². The van der Waals surface area contributed by atoms with E-state index in [-0.39, 0.29) is 11.9 Å². The maximum atomic E-state index is 13.0. The molecule has 32 heavy (non-hydrogen) atoms. The van der Waals surface area contributed by atoms with Crippen LogP contribution in [0.1, 0.15) is 71.0 Å². The van der Waals surface area contributed by atoms with Crippen molar-refractivity contribution in [2.45, 2.75) is 57.3 Å². The molecule has 1 unspecified atom stereocenters. The van der Waals surface area contributed by atoms with Crippen LogP contribution in [-0.2, 0) is 12.7 Å². The van der Waals surface area contributed by atoms with Gasteiger partial charge in [0.05, 0.1) is 17.4 Å². The van der Waals surface area contributed by atoms with Crippen LogP contribution in [0.15, 0.2) is 30.5 Å². The number of carbonyl (C=O) groups excluding carboxylic acids is 1. The van der Waals surface area contributed by atoms with E-state index in [9.17, 15) is 18.0 Å². The standard InChI is InChI=1S/C22H21F3N6O/c1-12-9-17(28-20(27-12)13-4-5-13)21(32)29-15-3-2-8-31-18(15)11-16(30-31)14-6-7-26-19(10-14)22(23,24)25/h6-7,9-11,13,15H,2-5,8H2,1H3,(H,29,32). The highest BCUT2D eigenvalue weighted by Gasteiger charge is 2.33. The van der Waals surface area contributed by atoms with E-state index in [0.717, 1.165) is 42.9 Å². The lowest BCUT2D eigenvalue weighted by molar-refractivity contribution is -0.141. The maximum absolute atomic E-state index is 13.0. The van der Waals surface area contributed by atoms with Gasteiger partial charge in [-0.05, 0) is 56.9 Å². The fourth-order valence-electron chi connectivity index (χ4n) is 3.98. The molecule has 0 bridgehead atoms. The van der Waals surface area contributed by atoms with Gasteiger partial charge in [0.1, 0.15) is 17.2 Å². The van der Waals surface area contributed by atoms with Crippen LogP contribution < -0.4 is 5.32 Å². The number of hydrogen-bond donors (Lipinski definition) is 1. The molecular formula is C22H21F3N6O. The Labute approximate surface area is 182 Å². The molecule has 166 valence electrons. The summed E-state index contributed by atoms with van der Waals surface area (Å²) in [5.74, 6) is 0.758. The Morgan fingerprint density at radius 1 is 1.16 bits per heavy atom. The highest BCUT2D eigenvalue weighted by Crippen LogP contribution is 2.38. The van der Waals surface area contributed by atoms with E-state index in [1.807, 2.05) is 6.92 Å². The number of hydrogen-bond acceptors (Lipinski definition) is 5. The van der Waals surface area contributed by atoms with Gasteiger partial charge < -0.3 is 5.32 Å². The van der Waals surface area contributed by atoms with E-state index < -0.39 is 11.9 Å². The third-order valence-electron chi connectivity index (χ3n) is 5.73. The average molecular weight is 442 g/mol. The fraction of sp³-hybridized carbons (Fsp3) is 0.409. The zero-order valence-electron chi connectivity index (χ0n) is 17.4. The third-order valence-corrected chi connectivity index (χ3v) is 5.73. The molecule has 0 spiro atoms. The van der Waals surface area contributed by atoms with Gasteiger partial charge >= 0.3 is 6.18 Å². The first-order valence-electron chi connectivity index (χ1n) is 10.6. The number of nitrogens with zero attached hydrogens (tertiary/aromatic N) is 5. The molecule has 1 amide bonds. The predicted molar refractivity (Wildman–Crippen MR) is 109 cm³/mol. The van der Waals surface area contributed by atoms with Gasteiger partial charge in [0.25, 0.3) is 5.91 Å². The number of alkyl halides is 3. The molecule has 7 nitrogen and oxygen atoms in total. The SMILES string of the molecule is Cc1cc(C(=O)NC2CCCn3nc(-c4ccnc(C(F)(F)F)c4)cc32)nc(C2CC2)n1. The highest BCUT2D eigenvalue weighted by atomic mass is 19.4. The van der Waals surface area contributed by atoms with Crippen LogP contribution in [0.3, 0.4) is 0 Å². The van der Waals surface area contributed by atoms with E-state index in [1.165, 1.54) is 6.07 Å². The number of aromatic nitrogens is 5. The zero-order chi connectivity index (χ0) is 22.5. The molecule has 0 radical (unpaired) electrons. The van der Waals surface area contributed by atoms with Crippen molar-refractivity contribution in [2.24, 2.45) is 0 Å². The largest absolute Gasteiger partial charge is 0.433 e. The van der Waals surface area contributed by atoms with Crippen LogP contribution in [-0.4, -0.2) is 30.6 Å². The molecule has 3 aromatic rings. The van der Waals surface area contributed by atoms with Crippen molar-refractivity contribution in [2.75, 3.05) is 0 Å². The number of rotatable bonds is 4. The second-order valence-electron chi connectivity index (χ2n) is 8.30. The number of pyridine rings is 1. The summed E-state index contributed by atoms with van der Waals surface area (Å²) in [7, 11) is 0. The van der Waals surface area contributed by atoms with E-state index >= 15 is 0 Å². The van der Waals surface area contributed by atoms with Gasteiger partial charge in [-0.15, -0.1) is 0 Å². The van der Waals surface area contributed by atoms with E-state index in [2.05, 4.69) is 25.4 Å². The Morgan fingerprint density at radius 2 is 1.97 bits per heavy atom. The van der Waals surface area contributed by atoms with Gasteiger partial charge in [0.2, 0.25) is 0 Å². The van der Waals surface area contributed by atoms with Crippen LogP contribution >= 0.6 is 0 Å². The minimum atomic E-state index is -4.53. The Bertz CT molecular complexity index is 1180. The molecule has 0 aromatic carbocycles. The molecule has 1 fully saturated rings. The summed E-state index contributed by atoms with van der Waals surface area (Å²) < 4.78 is 40.9. The lowest BCUT2D eigenvalue weighted by Gasteiger charge is -2.24. The minimum absolute atomic E-state index is 0.290. The van der Waals surface area contributed by atoms with Crippen LogP contribution in [0.5, 0.6) is 0 Å². The summed E-state index contributed by atoms with van der Waals surface area (Å²) in [5, 5.41) is 7.50. The van der Waals surface area contributed by atoms with Crippen molar-refractivity contribution in [1.29, 1.82) is 0 Å². The van der Waals surface area contributed by atoms with Crippen LogP contribution in [0.25, 0.3) is 11.3 Å². The molecule has 2 aliphatic rings. The van der Waals surface area contributed by atoms with Gasteiger partial charge in [-0.3, -0.25) is 14.5 Å².